The number of nitrogen functional groups attached to an aromatic ring is 1. The summed E-state index contributed by atoms with van der Waals surface area (Å²) in [6, 6.07) is 4.91. The summed E-state index contributed by atoms with van der Waals surface area (Å²) in [4.78, 5) is 11.9. The number of anilines is 1. The molecule has 1 heterocycles. The van der Waals surface area contributed by atoms with E-state index in [0.29, 0.717) is 22.9 Å². The second-order valence-electron chi connectivity index (χ2n) is 3.60. The number of halogens is 1. The van der Waals surface area contributed by atoms with Crippen molar-refractivity contribution in [3.05, 3.63) is 28.8 Å². The highest BCUT2D eigenvalue weighted by Crippen LogP contribution is 2.23. The van der Waals surface area contributed by atoms with Crippen molar-refractivity contribution in [3.63, 3.8) is 0 Å². The average molecular weight is 226 g/mol. The standard InChI is InChI=1S/C11H12ClNO2/c12-7-3-4-8(9(13)6-7)11(14)10-2-1-5-15-10/h3-4,6,10H,1-2,5,13H2. The maximum Gasteiger partial charge on any atom is 0.193 e. The third-order valence-electron chi connectivity index (χ3n) is 2.50. The number of ether oxygens (including phenoxy) is 1. The minimum Gasteiger partial charge on any atom is -0.398 e. The summed E-state index contributed by atoms with van der Waals surface area (Å²) in [6.07, 6.45) is 1.39. The van der Waals surface area contributed by atoms with Gasteiger partial charge in [-0.25, -0.2) is 0 Å². The molecule has 0 amide bonds. The number of nitrogens with two attached hydrogens (primary N) is 1. The molecular weight excluding hydrogens is 214 g/mol. The lowest BCUT2D eigenvalue weighted by molar-refractivity contribution is 0.0644. The zero-order valence-corrected chi connectivity index (χ0v) is 8.96. The van der Waals surface area contributed by atoms with Crippen molar-refractivity contribution >= 4 is 23.1 Å². The van der Waals surface area contributed by atoms with Crippen molar-refractivity contribution in [2.75, 3.05) is 12.3 Å². The number of hydrogen-bond acceptors (Lipinski definition) is 3. The maximum atomic E-state index is 11.9. The summed E-state index contributed by atoms with van der Waals surface area (Å²) in [5, 5.41) is 0.538. The number of benzene rings is 1. The third-order valence-corrected chi connectivity index (χ3v) is 2.74. The smallest absolute Gasteiger partial charge is 0.193 e. The lowest BCUT2D eigenvalue weighted by Gasteiger charge is -2.10. The van der Waals surface area contributed by atoms with E-state index in [1.165, 1.54) is 0 Å². The van der Waals surface area contributed by atoms with Crippen LogP contribution < -0.4 is 5.73 Å². The van der Waals surface area contributed by atoms with Crippen LogP contribution in [0.1, 0.15) is 23.2 Å². The first kappa shape index (κ1) is 10.5. The Morgan fingerprint density at radius 3 is 2.93 bits per heavy atom. The molecule has 3 nitrogen and oxygen atoms in total. The van der Waals surface area contributed by atoms with Crippen LogP contribution >= 0.6 is 11.6 Å². The molecule has 1 saturated heterocycles. The van der Waals surface area contributed by atoms with Crippen LogP contribution in [0, 0.1) is 0 Å². The normalized spacial score (nSPS) is 20.5. The quantitative estimate of drug-likeness (QED) is 0.621. The summed E-state index contributed by atoms with van der Waals surface area (Å²) in [5.41, 5.74) is 6.65. The minimum absolute atomic E-state index is 0.0401. The fourth-order valence-electron chi connectivity index (χ4n) is 1.72. The first-order valence-corrected chi connectivity index (χ1v) is 5.27. The molecule has 0 aromatic heterocycles. The van der Waals surface area contributed by atoms with Crippen LogP contribution in [0.3, 0.4) is 0 Å². The molecule has 0 saturated carbocycles. The van der Waals surface area contributed by atoms with E-state index < -0.39 is 0 Å². The Balaban J connectivity index is 2.24. The van der Waals surface area contributed by atoms with Crippen molar-refractivity contribution in [1.82, 2.24) is 0 Å². The van der Waals surface area contributed by atoms with Gasteiger partial charge >= 0.3 is 0 Å². The fraction of sp³-hybridized carbons (Fsp3) is 0.364. The Bertz CT molecular complexity index is 386. The predicted octanol–water partition coefficient (Wildman–Crippen LogP) is 2.28. The monoisotopic (exact) mass is 225 g/mol. The van der Waals surface area contributed by atoms with Crippen LogP contribution in [0.25, 0.3) is 0 Å². The Labute approximate surface area is 93.2 Å². The summed E-state index contributed by atoms with van der Waals surface area (Å²) < 4.78 is 5.32. The van der Waals surface area contributed by atoms with Crippen LogP contribution in [-0.4, -0.2) is 18.5 Å². The second kappa shape index (κ2) is 4.21. The van der Waals surface area contributed by atoms with Gasteiger partial charge in [0.2, 0.25) is 0 Å². The molecule has 0 radical (unpaired) electrons. The van der Waals surface area contributed by atoms with Gasteiger partial charge in [-0.2, -0.15) is 0 Å². The number of carbonyl (C=O) groups is 1. The van der Waals surface area contributed by atoms with Crippen molar-refractivity contribution in [3.8, 4) is 0 Å². The zero-order valence-electron chi connectivity index (χ0n) is 8.20. The van der Waals surface area contributed by atoms with Crippen molar-refractivity contribution in [1.29, 1.82) is 0 Å². The molecule has 2 N–H and O–H groups in total. The highest BCUT2D eigenvalue weighted by Gasteiger charge is 2.25. The molecule has 2 rings (SSSR count). The molecule has 0 aliphatic carbocycles. The van der Waals surface area contributed by atoms with E-state index in [2.05, 4.69) is 0 Å². The number of Topliss-reactive ketones (excluding diaryl/α,β-unsaturated/α-hetero) is 1. The van der Waals surface area contributed by atoms with Gasteiger partial charge in [0.1, 0.15) is 6.10 Å². The number of rotatable bonds is 2. The minimum atomic E-state index is -0.325. The van der Waals surface area contributed by atoms with Gasteiger partial charge in [-0.1, -0.05) is 11.6 Å². The first-order chi connectivity index (χ1) is 7.18. The van der Waals surface area contributed by atoms with E-state index in [9.17, 15) is 4.79 Å². The molecule has 1 aliphatic rings. The summed E-state index contributed by atoms with van der Waals surface area (Å²) in [7, 11) is 0. The molecule has 0 bridgehead atoms. The summed E-state index contributed by atoms with van der Waals surface area (Å²) >= 11 is 5.76. The van der Waals surface area contributed by atoms with Gasteiger partial charge < -0.3 is 10.5 Å². The maximum absolute atomic E-state index is 11.9. The van der Waals surface area contributed by atoms with Crippen molar-refractivity contribution in [2.24, 2.45) is 0 Å². The average Bonchev–Trinajstić information content (AvgIpc) is 2.69. The molecule has 4 heteroatoms. The molecule has 15 heavy (non-hydrogen) atoms. The molecular formula is C11H12ClNO2. The first-order valence-electron chi connectivity index (χ1n) is 4.89. The topological polar surface area (TPSA) is 52.3 Å². The molecule has 1 aromatic carbocycles. The van der Waals surface area contributed by atoms with E-state index in [1.54, 1.807) is 18.2 Å². The van der Waals surface area contributed by atoms with Gasteiger partial charge in [0, 0.05) is 22.9 Å². The second-order valence-corrected chi connectivity index (χ2v) is 4.03. The SMILES string of the molecule is Nc1cc(Cl)ccc1C(=O)C1CCCO1. The number of carbonyl (C=O) groups excluding carboxylic acids is 1. The van der Waals surface area contributed by atoms with Crippen LogP contribution in [0.5, 0.6) is 0 Å². The Hall–Kier alpha value is -1.06. The van der Waals surface area contributed by atoms with E-state index in [1.807, 2.05) is 0 Å². The molecule has 1 fully saturated rings. The van der Waals surface area contributed by atoms with E-state index in [4.69, 9.17) is 22.1 Å². The van der Waals surface area contributed by atoms with Gasteiger partial charge in [0.15, 0.2) is 5.78 Å². The summed E-state index contributed by atoms with van der Waals surface area (Å²) in [6.45, 7) is 0.657. The molecule has 1 unspecified atom stereocenters. The number of ketones is 1. The highest BCUT2D eigenvalue weighted by molar-refractivity contribution is 6.31. The lowest BCUT2D eigenvalue weighted by atomic mass is 10.0. The highest BCUT2D eigenvalue weighted by atomic mass is 35.5. The third kappa shape index (κ3) is 2.13. The van der Waals surface area contributed by atoms with E-state index in [0.717, 1.165) is 12.8 Å². The van der Waals surface area contributed by atoms with Gasteiger partial charge in [-0.3, -0.25) is 4.79 Å². The van der Waals surface area contributed by atoms with Crippen LogP contribution in [0.2, 0.25) is 5.02 Å². The van der Waals surface area contributed by atoms with Gasteiger partial charge in [0.05, 0.1) is 0 Å². The Morgan fingerprint density at radius 2 is 2.33 bits per heavy atom. The largest absolute Gasteiger partial charge is 0.398 e. The molecule has 1 aromatic rings. The Morgan fingerprint density at radius 1 is 1.53 bits per heavy atom. The lowest BCUT2D eigenvalue weighted by Crippen LogP contribution is -2.20. The van der Waals surface area contributed by atoms with Crippen LogP contribution in [-0.2, 0) is 4.74 Å². The van der Waals surface area contributed by atoms with Crippen molar-refractivity contribution in [2.45, 2.75) is 18.9 Å². The summed E-state index contributed by atoms with van der Waals surface area (Å²) in [5.74, 6) is -0.0401. The molecule has 1 atom stereocenters. The van der Waals surface area contributed by atoms with Crippen LogP contribution in [0.15, 0.2) is 18.2 Å². The van der Waals surface area contributed by atoms with Gasteiger partial charge in [-0.05, 0) is 31.0 Å². The van der Waals surface area contributed by atoms with Gasteiger partial charge in [0.25, 0.3) is 0 Å². The zero-order chi connectivity index (χ0) is 10.8. The van der Waals surface area contributed by atoms with Crippen LogP contribution in [0.4, 0.5) is 5.69 Å². The van der Waals surface area contributed by atoms with E-state index in [-0.39, 0.29) is 11.9 Å². The fourth-order valence-corrected chi connectivity index (χ4v) is 1.90. The Kier molecular flexibility index (Phi) is 2.93. The molecule has 80 valence electrons. The molecule has 1 aliphatic heterocycles. The van der Waals surface area contributed by atoms with Crippen molar-refractivity contribution < 1.29 is 9.53 Å². The van der Waals surface area contributed by atoms with E-state index >= 15 is 0 Å². The number of hydrogen-bond donors (Lipinski definition) is 1. The predicted molar refractivity (Wildman–Crippen MR) is 59.2 cm³/mol. The van der Waals surface area contributed by atoms with Gasteiger partial charge in [-0.15, -0.1) is 0 Å². The molecule has 0 spiro atoms.